The highest BCUT2D eigenvalue weighted by Crippen LogP contribution is 2.29. The predicted octanol–water partition coefficient (Wildman–Crippen LogP) is 5.75. The Kier molecular flexibility index (Phi) is 8.02. The molecule has 0 aliphatic rings. The van der Waals surface area contributed by atoms with Crippen molar-refractivity contribution >= 4 is 51.0 Å². The summed E-state index contributed by atoms with van der Waals surface area (Å²) in [5.74, 6) is -0.635. The molecule has 1 heterocycles. The number of nitrogens with zero attached hydrogens (tertiary/aromatic N) is 3. The molecule has 1 amide bonds. The number of anilines is 1. The minimum Gasteiger partial charge on any atom is -0.318 e. The first-order chi connectivity index (χ1) is 17.7. The second-order valence-corrected chi connectivity index (χ2v) is 11.0. The number of carbonyl (C=O) groups is 1. The Morgan fingerprint density at radius 1 is 0.946 bits per heavy atom. The number of aryl methyl sites for hydroxylation is 1. The summed E-state index contributed by atoms with van der Waals surface area (Å²) in [6.45, 7) is 3.41. The van der Waals surface area contributed by atoms with Crippen LogP contribution in [0.15, 0.2) is 94.9 Å². The largest absolute Gasteiger partial charge is 0.318 e. The first-order valence-electron chi connectivity index (χ1n) is 11.3. The second kappa shape index (κ2) is 11.2. The molecule has 0 saturated carbocycles. The molecule has 0 spiro atoms. The van der Waals surface area contributed by atoms with Gasteiger partial charge in [0.05, 0.1) is 16.8 Å². The summed E-state index contributed by atoms with van der Waals surface area (Å²) in [4.78, 5) is 12.9. The molecule has 3 aromatic carbocycles. The molecular weight excluding hydrogens is 531 g/mol. The van der Waals surface area contributed by atoms with Gasteiger partial charge >= 0.3 is 0 Å². The lowest BCUT2D eigenvalue weighted by molar-refractivity contribution is -0.119. The summed E-state index contributed by atoms with van der Waals surface area (Å²) < 4.78 is 29.9. The summed E-state index contributed by atoms with van der Waals surface area (Å²) in [6, 6.07) is 24.0. The van der Waals surface area contributed by atoms with Gasteiger partial charge in [-0.15, -0.1) is 0 Å². The molecule has 4 rings (SSSR count). The third-order valence-corrected chi connectivity index (χ3v) is 7.86. The summed E-state index contributed by atoms with van der Waals surface area (Å²) in [5.41, 5.74) is 6.38. The minimum absolute atomic E-state index is 0.0238. The van der Waals surface area contributed by atoms with E-state index in [4.69, 9.17) is 23.2 Å². The Hall–Kier alpha value is -3.59. The van der Waals surface area contributed by atoms with E-state index in [1.54, 1.807) is 18.2 Å². The molecule has 0 radical (unpaired) electrons. The molecule has 1 aromatic heterocycles. The van der Waals surface area contributed by atoms with Gasteiger partial charge in [-0.25, -0.2) is 13.8 Å². The van der Waals surface area contributed by atoms with E-state index < -0.39 is 22.5 Å². The number of carbonyl (C=O) groups excluding carboxylic acids is 1. The van der Waals surface area contributed by atoms with Crippen molar-refractivity contribution in [3.8, 4) is 5.69 Å². The van der Waals surface area contributed by atoms with Crippen molar-refractivity contribution in [2.45, 2.75) is 18.7 Å². The lowest BCUT2D eigenvalue weighted by Gasteiger charge is -2.24. The van der Waals surface area contributed by atoms with E-state index in [0.717, 1.165) is 26.9 Å². The standard InChI is InChI=1S/C27H24Cl2N4O3S/c1-19-13-21(20(2)33(19)24-9-5-3-6-10-24)17-30-31-27(34)18-32(25-15-22(28)14-23(29)16-25)37(35,36)26-11-7-4-8-12-26/h3-17H,18H2,1-2H3,(H,31,34)/b30-17-. The quantitative estimate of drug-likeness (QED) is 0.222. The molecule has 0 unspecified atom stereocenters. The fourth-order valence-corrected chi connectivity index (χ4v) is 5.89. The smallest absolute Gasteiger partial charge is 0.264 e. The van der Waals surface area contributed by atoms with Gasteiger partial charge in [-0.3, -0.25) is 9.10 Å². The molecule has 0 atom stereocenters. The van der Waals surface area contributed by atoms with Gasteiger partial charge in [0, 0.05) is 32.7 Å². The molecular formula is C27H24Cl2N4O3S. The Morgan fingerprint density at radius 3 is 2.16 bits per heavy atom. The number of halogens is 2. The van der Waals surface area contributed by atoms with Crippen LogP contribution >= 0.6 is 23.2 Å². The highest BCUT2D eigenvalue weighted by atomic mass is 35.5. The van der Waals surface area contributed by atoms with Gasteiger partial charge in [0.25, 0.3) is 15.9 Å². The van der Waals surface area contributed by atoms with Gasteiger partial charge in [-0.05, 0) is 62.4 Å². The second-order valence-electron chi connectivity index (χ2n) is 8.24. The molecule has 37 heavy (non-hydrogen) atoms. The Bertz CT molecular complexity index is 1530. The van der Waals surface area contributed by atoms with Crippen LogP contribution in [0.3, 0.4) is 0 Å². The van der Waals surface area contributed by atoms with Crippen molar-refractivity contribution in [1.82, 2.24) is 9.99 Å². The lowest BCUT2D eigenvalue weighted by Crippen LogP contribution is -2.39. The average Bonchev–Trinajstić information content (AvgIpc) is 3.15. The van der Waals surface area contributed by atoms with E-state index in [2.05, 4.69) is 15.1 Å². The normalized spacial score (nSPS) is 11.6. The summed E-state index contributed by atoms with van der Waals surface area (Å²) >= 11 is 12.2. The molecule has 0 bridgehead atoms. The van der Waals surface area contributed by atoms with Crippen molar-refractivity contribution in [3.63, 3.8) is 0 Å². The molecule has 0 aliphatic carbocycles. The van der Waals surface area contributed by atoms with E-state index >= 15 is 0 Å². The highest BCUT2D eigenvalue weighted by Gasteiger charge is 2.27. The number of rotatable bonds is 8. The van der Waals surface area contributed by atoms with Gasteiger partial charge in [0.1, 0.15) is 6.54 Å². The molecule has 0 fully saturated rings. The first-order valence-corrected chi connectivity index (χ1v) is 13.5. The van der Waals surface area contributed by atoms with E-state index in [0.29, 0.717) is 0 Å². The number of hydrogen-bond acceptors (Lipinski definition) is 4. The zero-order valence-electron chi connectivity index (χ0n) is 20.1. The molecule has 10 heteroatoms. The summed E-state index contributed by atoms with van der Waals surface area (Å²) in [5, 5.41) is 4.55. The number of hydrazone groups is 1. The van der Waals surface area contributed by atoms with Crippen LogP contribution in [-0.4, -0.2) is 31.7 Å². The average molecular weight is 555 g/mol. The maximum atomic E-state index is 13.4. The number of amides is 1. The van der Waals surface area contributed by atoms with Gasteiger partial charge in [0.15, 0.2) is 0 Å². The SMILES string of the molecule is Cc1cc(/C=N\NC(=O)CN(c2cc(Cl)cc(Cl)c2)S(=O)(=O)c2ccccc2)c(C)n1-c1ccccc1. The van der Waals surface area contributed by atoms with Crippen molar-refractivity contribution in [3.05, 3.63) is 112 Å². The number of sulfonamides is 1. The summed E-state index contributed by atoms with van der Waals surface area (Å²) in [6.07, 6.45) is 1.53. The zero-order valence-corrected chi connectivity index (χ0v) is 22.4. The van der Waals surface area contributed by atoms with Crippen LogP contribution in [0.1, 0.15) is 17.0 Å². The van der Waals surface area contributed by atoms with Gasteiger partial charge in [0.2, 0.25) is 0 Å². The molecule has 4 aromatic rings. The van der Waals surface area contributed by atoms with Crippen LogP contribution in [-0.2, 0) is 14.8 Å². The molecule has 7 nitrogen and oxygen atoms in total. The van der Waals surface area contributed by atoms with Crippen molar-refractivity contribution in [2.75, 3.05) is 10.8 Å². The van der Waals surface area contributed by atoms with Crippen LogP contribution in [0.25, 0.3) is 5.69 Å². The number of para-hydroxylation sites is 1. The number of benzene rings is 3. The van der Waals surface area contributed by atoms with Crippen LogP contribution < -0.4 is 9.73 Å². The third kappa shape index (κ3) is 6.05. The number of aromatic nitrogens is 1. The molecule has 0 aliphatic heterocycles. The minimum atomic E-state index is -4.10. The maximum absolute atomic E-state index is 13.4. The monoisotopic (exact) mass is 554 g/mol. The summed E-state index contributed by atoms with van der Waals surface area (Å²) in [7, 11) is -4.10. The van der Waals surface area contributed by atoms with Crippen LogP contribution in [0, 0.1) is 13.8 Å². The van der Waals surface area contributed by atoms with E-state index in [9.17, 15) is 13.2 Å². The first kappa shape index (κ1) is 26.5. The Morgan fingerprint density at radius 2 is 1.54 bits per heavy atom. The third-order valence-electron chi connectivity index (χ3n) is 5.63. The topological polar surface area (TPSA) is 83.8 Å². The van der Waals surface area contributed by atoms with E-state index in [1.807, 2.05) is 50.2 Å². The fraction of sp³-hybridized carbons (Fsp3) is 0.111. The van der Waals surface area contributed by atoms with E-state index in [-0.39, 0.29) is 20.6 Å². The maximum Gasteiger partial charge on any atom is 0.264 e. The van der Waals surface area contributed by atoms with Crippen LogP contribution in [0.5, 0.6) is 0 Å². The molecule has 1 N–H and O–H groups in total. The van der Waals surface area contributed by atoms with Crippen molar-refractivity contribution < 1.29 is 13.2 Å². The molecule has 190 valence electrons. The lowest BCUT2D eigenvalue weighted by atomic mass is 10.2. The number of nitrogens with one attached hydrogen (secondary N) is 1. The van der Waals surface area contributed by atoms with Crippen molar-refractivity contribution in [2.24, 2.45) is 5.10 Å². The number of hydrogen-bond donors (Lipinski definition) is 1. The Balaban J connectivity index is 1.57. The molecule has 0 saturated heterocycles. The predicted molar refractivity (Wildman–Crippen MR) is 148 cm³/mol. The van der Waals surface area contributed by atoms with Gasteiger partial charge in [-0.2, -0.15) is 5.10 Å². The van der Waals surface area contributed by atoms with Crippen LogP contribution in [0.4, 0.5) is 5.69 Å². The van der Waals surface area contributed by atoms with E-state index in [1.165, 1.54) is 36.5 Å². The fourth-order valence-electron chi connectivity index (χ4n) is 3.95. The highest BCUT2D eigenvalue weighted by molar-refractivity contribution is 7.92. The van der Waals surface area contributed by atoms with Crippen LogP contribution in [0.2, 0.25) is 10.0 Å². The Labute approximate surface area is 226 Å². The zero-order chi connectivity index (χ0) is 26.6. The van der Waals surface area contributed by atoms with Gasteiger partial charge in [-0.1, -0.05) is 59.6 Å². The van der Waals surface area contributed by atoms with Crippen molar-refractivity contribution in [1.29, 1.82) is 0 Å². The van der Waals surface area contributed by atoms with Gasteiger partial charge < -0.3 is 4.57 Å².